The Kier molecular flexibility index (Phi) is 22.5. The van der Waals surface area contributed by atoms with Crippen LogP contribution in [0.2, 0.25) is 15.8 Å². The van der Waals surface area contributed by atoms with Crippen molar-refractivity contribution in [2.45, 2.75) is 175 Å². The van der Waals surface area contributed by atoms with Crippen LogP contribution in [0.5, 0.6) is 23.0 Å². The first-order valence-corrected chi connectivity index (χ1v) is 25.9. The minimum atomic E-state index is -0.407. The summed E-state index contributed by atoms with van der Waals surface area (Å²) < 4.78 is 6.30. The molecule has 3 N–H and O–H groups in total. The number of aryl methyl sites for hydroxylation is 2. The Bertz CT molecular complexity index is 1590. The van der Waals surface area contributed by atoms with Crippen molar-refractivity contribution in [3.05, 3.63) is 82.0 Å². The summed E-state index contributed by atoms with van der Waals surface area (Å²) in [6.45, 7) is 33.3. The largest absolute Gasteiger partial charge is 0.507 e. The molecule has 0 unspecified atom stereocenters. The van der Waals surface area contributed by atoms with Crippen molar-refractivity contribution in [1.29, 1.82) is 0 Å². The standard InChI is InChI=1S/2C19H26O2.3C4H9.CH2Cl2.Al/c1-5-6-13-10-16(20)18-14-9-12(2)7-8-15(14)19(3,4)21-17(18)11-13;1-5-6-14-10-17(20)19(18(21)11-14)16-9-13(4)7-8-15(16)12(2)3;3*1-4(2)3;2-1-3;/h9-11,14-15,20H,5-8H2,1-4H3;9-11,15-16,20-21H,2,5-8H2,1,3-4H3;3*4H,1H2,2-3H3;1H2;/t14-,15-;15-,16+;;;;;/m10...../s1. The quantitative estimate of drug-likeness (QED) is 0.113. The van der Waals surface area contributed by atoms with Gasteiger partial charge in [0, 0.05) is 28.9 Å². The van der Waals surface area contributed by atoms with Crippen LogP contribution in [-0.4, -0.2) is 40.4 Å². The first kappa shape index (κ1) is 52.1. The van der Waals surface area contributed by atoms with Crippen LogP contribution in [0.15, 0.2) is 59.7 Å². The van der Waals surface area contributed by atoms with Gasteiger partial charge in [-0.15, -0.1) is 23.2 Å². The van der Waals surface area contributed by atoms with E-state index in [1.807, 2.05) is 13.0 Å². The minimum Gasteiger partial charge on any atom is -0.507 e. The molecule has 0 fully saturated rings. The lowest BCUT2D eigenvalue weighted by atomic mass is 9.68. The molecule has 0 radical (unpaired) electrons. The summed E-state index contributed by atoms with van der Waals surface area (Å²) in [7, 11) is 0. The van der Waals surface area contributed by atoms with E-state index in [1.165, 1.54) is 16.7 Å². The highest BCUT2D eigenvalue weighted by atomic mass is 35.5. The molecule has 3 aliphatic rings. The van der Waals surface area contributed by atoms with Crippen molar-refractivity contribution in [2.75, 3.05) is 5.34 Å². The lowest BCUT2D eigenvalue weighted by Crippen LogP contribution is -2.45. The maximum atomic E-state index is 10.5. The number of fused-ring (bicyclic) bond motifs is 3. The maximum Gasteiger partial charge on any atom is 0.262 e. The Labute approximate surface area is 370 Å². The number of hydrogen-bond acceptors (Lipinski definition) is 4. The van der Waals surface area contributed by atoms with Crippen molar-refractivity contribution in [2.24, 2.45) is 29.6 Å². The molecule has 0 spiro atoms. The molecule has 0 bridgehead atoms. The fraction of sp³-hybridized carbons (Fsp3) is 0.647. The normalized spacial score (nSPS) is 20.4. The Morgan fingerprint density at radius 2 is 1.16 bits per heavy atom. The average molecular weight is 856 g/mol. The van der Waals surface area contributed by atoms with Crippen molar-refractivity contribution in [3.63, 3.8) is 0 Å². The molecule has 1 heterocycles. The fourth-order valence-electron chi connectivity index (χ4n) is 9.66. The third-order valence-corrected chi connectivity index (χ3v) is 16.8. The number of hydrogen-bond donors (Lipinski definition) is 3. The van der Waals surface area contributed by atoms with Crippen molar-refractivity contribution in [3.8, 4) is 23.0 Å². The molecule has 0 aromatic heterocycles. The number of phenols is 3. The molecule has 0 saturated heterocycles. The van der Waals surface area contributed by atoms with Gasteiger partial charge < -0.3 is 20.1 Å². The number of allylic oxidation sites excluding steroid dienone is 5. The third kappa shape index (κ3) is 16.1. The number of aromatic hydroxyl groups is 3. The monoisotopic (exact) mass is 855 g/mol. The summed E-state index contributed by atoms with van der Waals surface area (Å²) in [6, 6.07) is 7.66. The van der Waals surface area contributed by atoms with Crippen LogP contribution in [0.1, 0.15) is 163 Å². The zero-order valence-electron chi connectivity index (χ0n) is 38.8. The smallest absolute Gasteiger partial charge is 0.262 e. The number of phenolic OH excluding ortho intramolecular Hbond substituents is 3. The second kappa shape index (κ2) is 25.0. The third-order valence-electron chi connectivity index (χ3n) is 11.9. The van der Waals surface area contributed by atoms with E-state index in [2.05, 4.69) is 108 Å². The van der Waals surface area contributed by atoms with Gasteiger partial charge in [0.2, 0.25) is 0 Å². The first-order valence-electron chi connectivity index (χ1n) is 22.4. The zero-order valence-corrected chi connectivity index (χ0v) is 41.4. The number of ether oxygens (including phenoxy) is 1. The van der Waals surface area contributed by atoms with Crippen LogP contribution < -0.4 is 4.74 Å². The van der Waals surface area contributed by atoms with Crippen LogP contribution in [-0.2, 0) is 12.8 Å². The van der Waals surface area contributed by atoms with E-state index >= 15 is 0 Å². The summed E-state index contributed by atoms with van der Waals surface area (Å²) in [5, 5.41) is 36.2. The Balaban J connectivity index is 0.000000299. The molecule has 1 aliphatic heterocycles. The number of halogens is 2. The number of benzene rings is 2. The highest BCUT2D eigenvalue weighted by molar-refractivity contribution is 6.58. The minimum absolute atomic E-state index is 0.0203. The van der Waals surface area contributed by atoms with E-state index < -0.39 is 14.1 Å². The van der Waals surface area contributed by atoms with E-state index in [1.54, 1.807) is 28.0 Å². The highest BCUT2D eigenvalue weighted by Gasteiger charge is 2.45. The fourth-order valence-corrected chi connectivity index (χ4v) is 14.2. The molecular formula is C51H81AlCl2O4. The molecule has 326 valence electrons. The Morgan fingerprint density at radius 3 is 1.59 bits per heavy atom. The second-order valence-electron chi connectivity index (χ2n) is 19.3. The van der Waals surface area contributed by atoms with E-state index in [0.717, 1.165) is 91.6 Å². The van der Waals surface area contributed by atoms with Crippen molar-refractivity contribution in [1.82, 2.24) is 0 Å². The van der Waals surface area contributed by atoms with Crippen LogP contribution in [0.4, 0.5) is 0 Å². The SMILES string of the molecule is C=C(C)[C@@H]1CCC(C)=C[C@H]1c1c(O)cc(CCC)cc1O.CC(C)[CH2][Al]([CH2]C(C)C)[CH2]C(C)C.CCCc1cc(O)c2c(c1)OC(C)(C)[C@@H]1CCC(C)=C[C@@H]21.ClCCl. The summed E-state index contributed by atoms with van der Waals surface area (Å²) in [5.41, 5.74) is 7.48. The molecule has 7 heteroatoms. The molecule has 4 nitrogen and oxygen atoms in total. The number of alkyl halides is 2. The van der Waals surface area contributed by atoms with Crippen LogP contribution >= 0.6 is 23.2 Å². The van der Waals surface area contributed by atoms with Gasteiger partial charge in [-0.05, 0) is 114 Å². The van der Waals surface area contributed by atoms with E-state index in [4.69, 9.17) is 27.9 Å². The average Bonchev–Trinajstić information content (AvgIpc) is 3.07. The van der Waals surface area contributed by atoms with Gasteiger partial charge >= 0.3 is 0 Å². The van der Waals surface area contributed by atoms with Gasteiger partial charge in [-0.1, -0.05) is 137 Å². The molecular weight excluding hydrogens is 774 g/mol. The van der Waals surface area contributed by atoms with E-state index in [-0.39, 0.29) is 40.2 Å². The van der Waals surface area contributed by atoms with Gasteiger partial charge in [0.05, 0.1) is 5.34 Å². The summed E-state index contributed by atoms with van der Waals surface area (Å²) in [5.74, 6) is 5.51. The second-order valence-corrected chi connectivity index (χ2v) is 23.3. The summed E-state index contributed by atoms with van der Waals surface area (Å²) >= 11 is 9.12. The van der Waals surface area contributed by atoms with Crippen molar-refractivity contribution < 1.29 is 20.1 Å². The van der Waals surface area contributed by atoms with Crippen molar-refractivity contribution >= 4 is 37.4 Å². The first-order chi connectivity index (χ1) is 27.2. The molecule has 2 aromatic rings. The highest BCUT2D eigenvalue weighted by Crippen LogP contribution is 2.53. The predicted octanol–water partition coefficient (Wildman–Crippen LogP) is 15.9. The molecule has 5 rings (SSSR count). The molecule has 58 heavy (non-hydrogen) atoms. The molecule has 0 saturated carbocycles. The molecule has 0 amide bonds. The van der Waals surface area contributed by atoms with Gasteiger partial charge in [0.1, 0.15) is 28.6 Å². The number of rotatable bonds is 12. The topological polar surface area (TPSA) is 69.9 Å². The lowest BCUT2D eigenvalue weighted by Gasteiger charge is -2.46. The molecule has 4 atom stereocenters. The van der Waals surface area contributed by atoms with Gasteiger partial charge in [0.15, 0.2) is 0 Å². The van der Waals surface area contributed by atoms with Crippen LogP contribution in [0.3, 0.4) is 0 Å². The van der Waals surface area contributed by atoms with Gasteiger partial charge in [-0.25, -0.2) is 0 Å². The van der Waals surface area contributed by atoms with E-state index in [0.29, 0.717) is 17.2 Å². The zero-order chi connectivity index (χ0) is 43.9. The van der Waals surface area contributed by atoms with Crippen LogP contribution in [0, 0.1) is 29.6 Å². The molecule has 2 aliphatic carbocycles. The summed E-state index contributed by atoms with van der Waals surface area (Å²) in [4.78, 5) is 0. The van der Waals surface area contributed by atoms with E-state index in [9.17, 15) is 15.3 Å². The molecule has 2 aromatic carbocycles. The van der Waals surface area contributed by atoms with Gasteiger partial charge in [-0.3, -0.25) is 0 Å². The van der Waals surface area contributed by atoms with Crippen LogP contribution in [0.25, 0.3) is 0 Å². The van der Waals surface area contributed by atoms with Gasteiger partial charge in [0.25, 0.3) is 14.1 Å². The Morgan fingerprint density at radius 1 is 0.741 bits per heavy atom. The summed E-state index contributed by atoms with van der Waals surface area (Å²) in [6.07, 6.45) is 12.8. The predicted molar refractivity (Wildman–Crippen MR) is 255 cm³/mol. The maximum absolute atomic E-state index is 10.5. The Hall–Kier alpha value is -2.03. The lowest BCUT2D eigenvalue weighted by molar-refractivity contribution is 0.0107. The van der Waals surface area contributed by atoms with Gasteiger partial charge in [-0.2, -0.15) is 0 Å².